The summed E-state index contributed by atoms with van der Waals surface area (Å²) < 4.78 is 24.0. The molecule has 0 saturated heterocycles. The smallest absolute Gasteiger partial charge is 0.258 e. The highest BCUT2D eigenvalue weighted by atomic mass is 79.9. The van der Waals surface area contributed by atoms with Crippen LogP contribution in [0, 0.1) is 5.82 Å². The second-order valence-corrected chi connectivity index (χ2v) is 4.70. The van der Waals surface area contributed by atoms with Gasteiger partial charge in [0.2, 0.25) is 0 Å². The molecule has 6 heteroatoms. The molecule has 0 aliphatic rings. The monoisotopic (exact) mass is 319 g/mol. The summed E-state index contributed by atoms with van der Waals surface area (Å²) in [5.74, 6) is -0.781. The number of carbonyl (C=O) groups is 1. The molecule has 0 aliphatic heterocycles. The van der Waals surface area contributed by atoms with Gasteiger partial charge in [-0.3, -0.25) is 4.79 Å². The van der Waals surface area contributed by atoms with Crippen LogP contribution in [0.25, 0.3) is 0 Å². The summed E-state index contributed by atoms with van der Waals surface area (Å²) in [6.07, 6.45) is 0. The summed E-state index contributed by atoms with van der Waals surface area (Å²) in [6.45, 7) is 1.99. The van der Waals surface area contributed by atoms with Crippen LogP contribution in [0.5, 0.6) is 5.75 Å². The van der Waals surface area contributed by atoms with Crippen LogP contribution in [0.15, 0.2) is 22.7 Å². The van der Waals surface area contributed by atoms with E-state index in [0.717, 1.165) is 0 Å². The van der Waals surface area contributed by atoms with Crippen molar-refractivity contribution >= 4 is 21.8 Å². The zero-order valence-corrected chi connectivity index (χ0v) is 11.8. The number of ether oxygens (including phenoxy) is 2. The molecule has 4 nitrogen and oxygen atoms in total. The Morgan fingerprint density at radius 3 is 2.89 bits per heavy atom. The first-order valence-corrected chi connectivity index (χ1v) is 6.18. The van der Waals surface area contributed by atoms with Crippen molar-refractivity contribution in [3.05, 3.63) is 28.5 Å². The highest BCUT2D eigenvalue weighted by molar-refractivity contribution is 9.10. The fourth-order valence-corrected chi connectivity index (χ4v) is 1.68. The van der Waals surface area contributed by atoms with Crippen molar-refractivity contribution in [3.8, 4) is 5.75 Å². The van der Waals surface area contributed by atoms with E-state index in [1.54, 1.807) is 13.2 Å². The molecule has 1 atom stereocenters. The molecule has 0 aromatic heterocycles. The Morgan fingerprint density at radius 2 is 2.28 bits per heavy atom. The number of carbonyl (C=O) groups excluding carboxylic acids is 1. The van der Waals surface area contributed by atoms with Crippen LogP contribution in [0.1, 0.15) is 6.92 Å². The van der Waals surface area contributed by atoms with Crippen LogP contribution in [0.4, 0.5) is 4.39 Å². The minimum Gasteiger partial charge on any atom is -0.481 e. The number of halogens is 2. The molecule has 0 fully saturated rings. The topological polar surface area (TPSA) is 47.6 Å². The van der Waals surface area contributed by atoms with Gasteiger partial charge < -0.3 is 14.8 Å². The van der Waals surface area contributed by atoms with Gasteiger partial charge in [0.25, 0.3) is 5.91 Å². The maximum absolute atomic E-state index is 13.4. The van der Waals surface area contributed by atoms with Crippen LogP contribution < -0.4 is 10.1 Å². The fraction of sp³-hybridized carbons (Fsp3) is 0.417. The number of hydrogen-bond acceptors (Lipinski definition) is 3. The molecular weight excluding hydrogens is 305 g/mol. The van der Waals surface area contributed by atoms with E-state index in [2.05, 4.69) is 21.2 Å². The fourth-order valence-electron chi connectivity index (χ4n) is 1.34. The van der Waals surface area contributed by atoms with Gasteiger partial charge in [0, 0.05) is 17.6 Å². The van der Waals surface area contributed by atoms with Crippen LogP contribution in [0.3, 0.4) is 0 Å². The molecule has 0 radical (unpaired) electrons. The quantitative estimate of drug-likeness (QED) is 0.873. The van der Waals surface area contributed by atoms with Gasteiger partial charge in [0.15, 0.2) is 18.2 Å². The molecule has 0 saturated carbocycles. The SMILES string of the molecule is COCC(C)NC(=O)COc1ccc(Br)cc1F. The first-order valence-electron chi connectivity index (χ1n) is 5.39. The Hall–Kier alpha value is -1.14. The maximum atomic E-state index is 13.4. The lowest BCUT2D eigenvalue weighted by molar-refractivity contribution is -0.124. The van der Waals surface area contributed by atoms with Gasteiger partial charge in [-0.15, -0.1) is 0 Å². The second-order valence-electron chi connectivity index (χ2n) is 3.79. The van der Waals surface area contributed by atoms with Gasteiger partial charge in [0.05, 0.1) is 6.61 Å². The highest BCUT2D eigenvalue weighted by Gasteiger charge is 2.09. The molecule has 1 aromatic rings. The van der Waals surface area contributed by atoms with Crippen molar-refractivity contribution in [2.75, 3.05) is 20.3 Å². The van der Waals surface area contributed by atoms with Crippen molar-refractivity contribution < 1.29 is 18.7 Å². The molecule has 0 aliphatic carbocycles. The summed E-state index contributed by atoms with van der Waals surface area (Å²) in [5, 5.41) is 2.66. The van der Waals surface area contributed by atoms with Crippen LogP contribution in [-0.2, 0) is 9.53 Å². The van der Waals surface area contributed by atoms with E-state index in [1.807, 2.05) is 6.92 Å². The Balaban J connectivity index is 2.42. The number of hydrogen-bond donors (Lipinski definition) is 1. The van der Waals surface area contributed by atoms with Crippen LogP contribution in [0.2, 0.25) is 0 Å². The lowest BCUT2D eigenvalue weighted by Crippen LogP contribution is -2.38. The summed E-state index contributed by atoms with van der Waals surface area (Å²) in [5.41, 5.74) is 0. The van der Waals surface area contributed by atoms with Crippen molar-refractivity contribution in [3.63, 3.8) is 0 Å². The molecule has 1 N–H and O–H groups in total. The zero-order chi connectivity index (χ0) is 13.5. The average molecular weight is 320 g/mol. The minimum absolute atomic E-state index is 0.0488. The Bertz CT molecular complexity index is 414. The van der Waals surface area contributed by atoms with E-state index in [4.69, 9.17) is 9.47 Å². The molecule has 100 valence electrons. The van der Waals surface area contributed by atoms with Crippen molar-refractivity contribution in [1.29, 1.82) is 0 Å². The van der Waals surface area contributed by atoms with Gasteiger partial charge in [-0.2, -0.15) is 0 Å². The summed E-state index contributed by atoms with van der Waals surface area (Å²) in [6, 6.07) is 4.27. The third-order valence-electron chi connectivity index (χ3n) is 2.08. The minimum atomic E-state index is -0.512. The third kappa shape index (κ3) is 5.01. The van der Waals surface area contributed by atoms with Crippen molar-refractivity contribution in [2.24, 2.45) is 0 Å². The molecule has 1 amide bonds. The van der Waals surface area contributed by atoms with Crippen molar-refractivity contribution in [2.45, 2.75) is 13.0 Å². The van der Waals surface area contributed by atoms with E-state index in [1.165, 1.54) is 12.1 Å². The summed E-state index contributed by atoms with van der Waals surface area (Å²) in [4.78, 5) is 11.5. The lowest BCUT2D eigenvalue weighted by Gasteiger charge is -2.13. The normalized spacial score (nSPS) is 12.0. The number of methoxy groups -OCH3 is 1. The van der Waals surface area contributed by atoms with Gasteiger partial charge in [-0.25, -0.2) is 4.39 Å². The molecule has 18 heavy (non-hydrogen) atoms. The largest absolute Gasteiger partial charge is 0.481 e. The molecule has 1 aromatic carbocycles. The Morgan fingerprint density at radius 1 is 1.56 bits per heavy atom. The summed E-state index contributed by atoms with van der Waals surface area (Å²) >= 11 is 3.14. The average Bonchev–Trinajstić information content (AvgIpc) is 2.28. The predicted molar refractivity (Wildman–Crippen MR) is 69.1 cm³/mol. The number of nitrogens with one attached hydrogen (secondary N) is 1. The standard InChI is InChI=1S/C12H15BrFNO3/c1-8(6-17-2)15-12(16)7-18-11-4-3-9(13)5-10(11)14/h3-5,8H,6-7H2,1-2H3,(H,15,16). The number of benzene rings is 1. The molecule has 0 spiro atoms. The van der Waals surface area contributed by atoms with E-state index in [9.17, 15) is 9.18 Å². The molecular formula is C12H15BrFNO3. The van der Waals surface area contributed by atoms with Crippen molar-refractivity contribution in [1.82, 2.24) is 5.32 Å². The first-order chi connectivity index (χ1) is 8.52. The van der Waals surface area contributed by atoms with Crippen LogP contribution in [-0.4, -0.2) is 32.3 Å². The number of rotatable bonds is 6. The number of amides is 1. The van der Waals surface area contributed by atoms with Gasteiger partial charge >= 0.3 is 0 Å². The third-order valence-corrected chi connectivity index (χ3v) is 2.57. The molecule has 0 bridgehead atoms. The molecule has 1 unspecified atom stereocenters. The first kappa shape index (κ1) is 14.9. The lowest BCUT2D eigenvalue weighted by atomic mass is 10.3. The highest BCUT2D eigenvalue weighted by Crippen LogP contribution is 2.21. The zero-order valence-electron chi connectivity index (χ0n) is 10.2. The summed E-state index contributed by atoms with van der Waals surface area (Å²) in [7, 11) is 1.55. The molecule has 1 rings (SSSR count). The maximum Gasteiger partial charge on any atom is 0.258 e. The Labute approximate surface area is 114 Å². The van der Waals surface area contributed by atoms with E-state index < -0.39 is 5.82 Å². The van der Waals surface area contributed by atoms with E-state index >= 15 is 0 Å². The predicted octanol–water partition coefficient (Wildman–Crippen LogP) is 2.12. The molecule has 0 heterocycles. The van der Waals surface area contributed by atoms with E-state index in [0.29, 0.717) is 11.1 Å². The van der Waals surface area contributed by atoms with Crippen LogP contribution >= 0.6 is 15.9 Å². The van der Waals surface area contributed by atoms with Gasteiger partial charge in [-0.1, -0.05) is 15.9 Å². The van der Waals surface area contributed by atoms with E-state index in [-0.39, 0.29) is 24.3 Å². The second kappa shape index (κ2) is 7.33. The Kier molecular flexibility index (Phi) is 6.07. The van der Waals surface area contributed by atoms with Gasteiger partial charge in [0.1, 0.15) is 0 Å². The van der Waals surface area contributed by atoms with Gasteiger partial charge in [-0.05, 0) is 25.1 Å².